The Labute approximate surface area is 142 Å². The van der Waals surface area contributed by atoms with Crippen LogP contribution in [0.5, 0.6) is 5.75 Å². The van der Waals surface area contributed by atoms with Gasteiger partial charge in [0.15, 0.2) is 0 Å². The van der Waals surface area contributed by atoms with Gasteiger partial charge in [0, 0.05) is 12.4 Å². The zero-order valence-corrected chi connectivity index (χ0v) is 13.6. The second-order valence-electron chi connectivity index (χ2n) is 4.76. The van der Waals surface area contributed by atoms with E-state index in [1.165, 1.54) is 7.11 Å². The summed E-state index contributed by atoms with van der Waals surface area (Å²) in [6.45, 7) is 0. The first-order valence-corrected chi connectivity index (χ1v) is 7.90. The van der Waals surface area contributed by atoms with Crippen LogP contribution in [0.25, 0.3) is 0 Å². The zero-order valence-electron chi connectivity index (χ0n) is 12.8. The number of hydrogen-bond donors (Lipinski definition) is 3. The number of aromatic amines is 1. The number of ether oxygens (including phenoxy) is 1. The molecule has 0 aliphatic heterocycles. The van der Waals surface area contributed by atoms with Crippen molar-refractivity contribution in [2.75, 3.05) is 18.6 Å². The molecule has 2 aromatic rings. The molecule has 0 radical (unpaired) electrons. The molecule has 0 aliphatic rings. The summed E-state index contributed by atoms with van der Waals surface area (Å²) in [5, 5.41) is 20.2. The second kappa shape index (κ2) is 8.20. The van der Waals surface area contributed by atoms with Gasteiger partial charge in [-0.25, -0.2) is 5.10 Å². The van der Waals surface area contributed by atoms with Gasteiger partial charge in [-0.05, 0) is 17.7 Å². The van der Waals surface area contributed by atoms with E-state index in [9.17, 15) is 14.7 Å². The summed E-state index contributed by atoms with van der Waals surface area (Å²) in [5.41, 5.74) is 6.03. The molecule has 0 spiro atoms. The first-order valence-electron chi connectivity index (χ1n) is 6.91. The van der Waals surface area contributed by atoms with E-state index in [4.69, 9.17) is 10.5 Å². The smallest absolute Gasteiger partial charge is 0.230 e. The molecule has 1 atom stereocenters. The highest BCUT2D eigenvalue weighted by Crippen LogP contribution is 2.21. The average molecular weight is 350 g/mol. The lowest BCUT2D eigenvalue weighted by atomic mass is 10.0. The number of anilines is 1. The van der Waals surface area contributed by atoms with Gasteiger partial charge in [-0.1, -0.05) is 23.9 Å². The minimum Gasteiger partial charge on any atom is -0.550 e. The molecule has 0 bridgehead atoms. The molecule has 0 saturated heterocycles. The van der Waals surface area contributed by atoms with Crippen molar-refractivity contribution in [1.82, 2.24) is 20.5 Å². The third-order valence-corrected chi connectivity index (χ3v) is 3.89. The van der Waals surface area contributed by atoms with Crippen LogP contribution in [-0.2, 0) is 9.59 Å². The molecule has 1 unspecified atom stereocenters. The SMILES string of the molecule is COc1ccc(C(CC(=O)[O-])NC(=O)CSc2n[nH]c(N)n2)cc1. The molecule has 128 valence electrons. The van der Waals surface area contributed by atoms with Gasteiger partial charge >= 0.3 is 0 Å². The number of carboxylic acid groups (broad SMARTS) is 1. The zero-order chi connectivity index (χ0) is 17.5. The van der Waals surface area contributed by atoms with Crippen LogP contribution in [0.1, 0.15) is 18.0 Å². The molecule has 9 nitrogen and oxygen atoms in total. The average Bonchev–Trinajstić information content (AvgIpc) is 2.97. The number of hydrogen-bond acceptors (Lipinski definition) is 8. The fourth-order valence-corrected chi connectivity index (χ4v) is 2.56. The van der Waals surface area contributed by atoms with Crippen molar-refractivity contribution in [3.05, 3.63) is 29.8 Å². The van der Waals surface area contributed by atoms with E-state index >= 15 is 0 Å². The number of thioether (sulfide) groups is 1. The summed E-state index contributed by atoms with van der Waals surface area (Å²) in [7, 11) is 1.53. The summed E-state index contributed by atoms with van der Waals surface area (Å²) >= 11 is 1.08. The lowest BCUT2D eigenvalue weighted by molar-refractivity contribution is -0.306. The molecule has 2 rings (SSSR count). The van der Waals surface area contributed by atoms with E-state index < -0.39 is 12.0 Å². The van der Waals surface area contributed by atoms with Gasteiger partial charge in [0.2, 0.25) is 17.0 Å². The minimum atomic E-state index is -1.26. The van der Waals surface area contributed by atoms with Crippen molar-refractivity contribution in [3.8, 4) is 5.75 Å². The molecule has 4 N–H and O–H groups in total. The fraction of sp³-hybridized carbons (Fsp3) is 0.286. The number of methoxy groups -OCH3 is 1. The molecule has 0 aliphatic carbocycles. The maximum Gasteiger partial charge on any atom is 0.230 e. The second-order valence-corrected chi connectivity index (χ2v) is 5.70. The molecule has 24 heavy (non-hydrogen) atoms. The monoisotopic (exact) mass is 350 g/mol. The van der Waals surface area contributed by atoms with Crippen LogP contribution in [0.3, 0.4) is 0 Å². The Kier molecular flexibility index (Phi) is 6.01. The van der Waals surface area contributed by atoms with Gasteiger partial charge in [0.05, 0.1) is 18.9 Å². The van der Waals surface area contributed by atoms with E-state index in [2.05, 4.69) is 20.5 Å². The summed E-state index contributed by atoms with van der Waals surface area (Å²) in [4.78, 5) is 26.8. The Morgan fingerprint density at radius 3 is 2.67 bits per heavy atom. The van der Waals surface area contributed by atoms with Crippen LogP contribution in [0.15, 0.2) is 29.4 Å². The van der Waals surface area contributed by atoms with Crippen LogP contribution in [0, 0.1) is 0 Å². The maximum absolute atomic E-state index is 12.0. The van der Waals surface area contributed by atoms with Gasteiger partial charge < -0.3 is 25.7 Å². The Balaban J connectivity index is 1.98. The van der Waals surface area contributed by atoms with E-state index in [-0.39, 0.29) is 24.0 Å². The molecular formula is C14H16N5O4S-. The molecular weight excluding hydrogens is 334 g/mol. The van der Waals surface area contributed by atoms with Crippen LogP contribution < -0.4 is 20.9 Å². The number of nitrogens with two attached hydrogens (primary N) is 1. The lowest BCUT2D eigenvalue weighted by Gasteiger charge is -2.20. The van der Waals surface area contributed by atoms with Gasteiger partial charge in [-0.3, -0.25) is 4.79 Å². The van der Waals surface area contributed by atoms with Crippen molar-refractivity contribution in [2.24, 2.45) is 0 Å². The number of carboxylic acids is 1. The Bertz CT molecular complexity index is 703. The number of carbonyl (C=O) groups is 2. The van der Waals surface area contributed by atoms with E-state index in [0.29, 0.717) is 16.5 Å². The van der Waals surface area contributed by atoms with Crippen LogP contribution in [0.2, 0.25) is 0 Å². The largest absolute Gasteiger partial charge is 0.550 e. The van der Waals surface area contributed by atoms with Gasteiger partial charge in [-0.15, -0.1) is 5.10 Å². The van der Waals surface area contributed by atoms with Crippen LogP contribution >= 0.6 is 11.8 Å². The number of carbonyl (C=O) groups excluding carboxylic acids is 2. The number of nitrogen functional groups attached to an aromatic ring is 1. The molecule has 0 fully saturated rings. The Morgan fingerprint density at radius 2 is 2.12 bits per heavy atom. The van der Waals surface area contributed by atoms with Crippen molar-refractivity contribution < 1.29 is 19.4 Å². The first kappa shape index (κ1) is 17.6. The number of H-pyrrole nitrogens is 1. The van der Waals surface area contributed by atoms with Crippen molar-refractivity contribution in [2.45, 2.75) is 17.6 Å². The highest BCUT2D eigenvalue weighted by Gasteiger charge is 2.16. The number of nitrogens with one attached hydrogen (secondary N) is 2. The number of aromatic nitrogens is 3. The molecule has 1 amide bonds. The number of aliphatic carboxylic acids is 1. The third kappa shape index (κ3) is 5.16. The molecule has 1 heterocycles. The predicted octanol–water partition coefficient (Wildman–Crippen LogP) is -0.515. The quantitative estimate of drug-likeness (QED) is 0.539. The molecule has 0 saturated carbocycles. The summed E-state index contributed by atoms with van der Waals surface area (Å²) < 4.78 is 5.05. The first-order chi connectivity index (χ1) is 11.5. The summed E-state index contributed by atoms with van der Waals surface area (Å²) in [6, 6.07) is 6.06. The Morgan fingerprint density at radius 1 is 1.42 bits per heavy atom. The standard InChI is InChI=1S/C14H17N5O4S/c1-23-9-4-2-8(3-5-9)10(6-12(21)22)16-11(20)7-24-14-17-13(15)18-19-14/h2-5,10H,6-7H2,1H3,(H,16,20)(H,21,22)(H3,15,17,18,19)/p-1. The molecule has 1 aromatic carbocycles. The Hall–Kier alpha value is -2.75. The topological polar surface area (TPSA) is 146 Å². The van der Waals surface area contributed by atoms with Crippen molar-refractivity contribution >= 4 is 29.6 Å². The maximum atomic E-state index is 12.0. The number of benzene rings is 1. The van der Waals surface area contributed by atoms with Crippen molar-refractivity contribution in [3.63, 3.8) is 0 Å². The fourth-order valence-electron chi connectivity index (χ4n) is 1.94. The molecule has 1 aromatic heterocycles. The summed E-state index contributed by atoms with van der Waals surface area (Å²) in [6.07, 6.45) is -0.337. The van der Waals surface area contributed by atoms with Crippen molar-refractivity contribution in [1.29, 1.82) is 0 Å². The summed E-state index contributed by atoms with van der Waals surface area (Å²) in [5.74, 6) is -0.797. The van der Waals surface area contributed by atoms with Crippen LogP contribution in [0.4, 0.5) is 5.95 Å². The van der Waals surface area contributed by atoms with Crippen LogP contribution in [-0.4, -0.2) is 39.9 Å². The normalized spacial score (nSPS) is 11.7. The minimum absolute atomic E-state index is 0.0248. The van der Waals surface area contributed by atoms with E-state index in [0.717, 1.165) is 11.8 Å². The highest BCUT2D eigenvalue weighted by atomic mass is 32.2. The highest BCUT2D eigenvalue weighted by molar-refractivity contribution is 7.99. The lowest BCUT2D eigenvalue weighted by Crippen LogP contribution is -2.35. The molecule has 10 heteroatoms. The number of nitrogens with zero attached hydrogens (tertiary/aromatic N) is 2. The number of rotatable bonds is 8. The van der Waals surface area contributed by atoms with E-state index in [1.54, 1.807) is 24.3 Å². The van der Waals surface area contributed by atoms with E-state index in [1.807, 2.05) is 0 Å². The van der Waals surface area contributed by atoms with Gasteiger partial charge in [-0.2, -0.15) is 4.98 Å². The predicted molar refractivity (Wildman–Crippen MR) is 85.0 cm³/mol. The van der Waals surface area contributed by atoms with Gasteiger partial charge in [0.25, 0.3) is 0 Å². The third-order valence-electron chi connectivity index (χ3n) is 3.04. The van der Waals surface area contributed by atoms with Gasteiger partial charge in [0.1, 0.15) is 5.75 Å². The number of amides is 1.